The maximum Gasteiger partial charge on any atom is 0.0642 e. The lowest BCUT2D eigenvalue weighted by Crippen LogP contribution is -2.36. The van der Waals surface area contributed by atoms with Crippen LogP contribution in [0, 0.1) is 0 Å². The van der Waals surface area contributed by atoms with E-state index in [-0.39, 0.29) is 6.04 Å². The number of fused-ring (bicyclic) bond motifs is 2. The molecule has 2 fully saturated rings. The third kappa shape index (κ3) is 3.20. The van der Waals surface area contributed by atoms with Crippen LogP contribution in [0.5, 0.6) is 0 Å². The molecule has 2 aliphatic heterocycles. The van der Waals surface area contributed by atoms with Gasteiger partial charge in [-0.05, 0) is 57.4 Å². The average Bonchev–Trinajstić information content (AvgIpc) is 2.64. The van der Waals surface area contributed by atoms with Gasteiger partial charge < -0.3 is 10.6 Å². The molecule has 4 heteroatoms. The van der Waals surface area contributed by atoms with E-state index in [4.69, 9.17) is 17.3 Å². The van der Waals surface area contributed by atoms with Crippen LogP contribution in [-0.4, -0.2) is 43.2 Å². The van der Waals surface area contributed by atoms with Crippen LogP contribution in [0.3, 0.4) is 0 Å². The molecule has 1 aromatic rings. The predicted molar refractivity (Wildman–Crippen MR) is 90.2 cm³/mol. The summed E-state index contributed by atoms with van der Waals surface area (Å²) in [6.07, 6.45) is 4.80. The average molecular weight is 308 g/mol. The van der Waals surface area contributed by atoms with Crippen LogP contribution in [0.1, 0.15) is 31.7 Å². The van der Waals surface area contributed by atoms with E-state index in [1.807, 2.05) is 6.92 Å². The largest absolute Gasteiger partial charge is 0.369 e. The lowest BCUT2D eigenvalue weighted by molar-refractivity contribution is 0.254. The van der Waals surface area contributed by atoms with Crippen LogP contribution in [0.2, 0.25) is 5.02 Å². The molecular weight excluding hydrogens is 282 g/mol. The Hall–Kier alpha value is -0.770. The standard InChI is InChI=1S/C17H26ClN3/c1-12(19)9-13-3-6-17(16(18)10-13)21-8-7-14-4-5-15(11-21)20(14)2/h3,6,10,12,14-15H,4-5,7-9,11,19H2,1-2H3. The van der Waals surface area contributed by atoms with Gasteiger partial charge in [-0.1, -0.05) is 17.7 Å². The summed E-state index contributed by atoms with van der Waals surface area (Å²) >= 11 is 6.54. The highest BCUT2D eigenvalue weighted by molar-refractivity contribution is 6.33. The van der Waals surface area contributed by atoms with Crippen molar-refractivity contribution >= 4 is 17.3 Å². The molecule has 0 spiro atoms. The summed E-state index contributed by atoms with van der Waals surface area (Å²) in [7, 11) is 2.28. The number of anilines is 1. The minimum atomic E-state index is 0.175. The van der Waals surface area contributed by atoms with Crippen molar-refractivity contribution in [3.63, 3.8) is 0 Å². The van der Waals surface area contributed by atoms with E-state index in [0.717, 1.165) is 30.6 Å². The summed E-state index contributed by atoms with van der Waals surface area (Å²) in [6, 6.07) is 8.06. The van der Waals surface area contributed by atoms with Gasteiger partial charge in [0.15, 0.2) is 0 Å². The van der Waals surface area contributed by atoms with Crippen molar-refractivity contribution in [3.8, 4) is 0 Å². The predicted octanol–water partition coefficient (Wildman–Crippen LogP) is 2.90. The molecule has 0 amide bonds. The molecule has 2 saturated heterocycles. The van der Waals surface area contributed by atoms with Gasteiger partial charge in [-0.25, -0.2) is 0 Å². The summed E-state index contributed by atoms with van der Waals surface area (Å²) in [4.78, 5) is 5.04. The second-order valence-corrected chi connectivity index (χ2v) is 7.16. The Morgan fingerprint density at radius 3 is 2.76 bits per heavy atom. The van der Waals surface area contributed by atoms with Crippen molar-refractivity contribution in [1.29, 1.82) is 0 Å². The van der Waals surface area contributed by atoms with E-state index in [0.29, 0.717) is 6.04 Å². The van der Waals surface area contributed by atoms with E-state index < -0.39 is 0 Å². The van der Waals surface area contributed by atoms with Crippen molar-refractivity contribution in [2.75, 3.05) is 25.0 Å². The van der Waals surface area contributed by atoms with E-state index in [1.165, 1.54) is 30.5 Å². The van der Waals surface area contributed by atoms with Crippen molar-refractivity contribution in [3.05, 3.63) is 28.8 Å². The van der Waals surface area contributed by atoms with Gasteiger partial charge in [-0.2, -0.15) is 0 Å². The van der Waals surface area contributed by atoms with Gasteiger partial charge >= 0.3 is 0 Å². The van der Waals surface area contributed by atoms with Gasteiger partial charge in [-0.3, -0.25) is 4.90 Å². The Morgan fingerprint density at radius 2 is 2.05 bits per heavy atom. The second-order valence-electron chi connectivity index (χ2n) is 6.75. The molecule has 3 atom stereocenters. The molecule has 3 nitrogen and oxygen atoms in total. The topological polar surface area (TPSA) is 32.5 Å². The highest BCUT2D eigenvalue weighted by atomic mass is 35.5. The molecule has 21 heavy (non-hydrogen) atoms. The van der Waals surface area contributed by atoms with Gasteiger partial charge in [0.2, 0.25) is 0 Å². The Bertz CT molecular complexity index is 503. The fraction of sp³-hybridized carbons (Fsp3) is 0.647. The molecule has 0 aromatic heterocycles. The van der Waals surface area contributed by atoms with Crippen LogP contribution in [0.4, 0.5) is 5.69 Å². The third-order valence-corrected chi connectivity index (χ3v) is 5.36. The Balaban J connectivity index is 1.77. The smallest absolute Gasteiger partial charge is 0.0642 e. The molecule has 1 aromatic carbocycles. The van der Waals surface area contributed by atoms with E-state index in [9.17, 15) is 0 Å². The first-order chi connectivity index (χ1) is 10.0. The van der Waals surface area contributed by atoms with Crippen LogP contribution >= 0.6 is 11.6 Å². The maximum absolute atomic E-state index is 6.54. The minimum Gasteiger partial charge on any atom is -0.369 e. The first-order valence-electron chi connectivity index (χ1n) is 8.05. The summed E-state index contributed by atoms with van der Waals surface area (Å²) in [5, 5.41) is 0.869. The fourth-order valence-corrected chi connectivity index (χ4v) is 4.16. The van der Waals surface area contributed by atoms with E-state index >= 15 is 0 Å². The van der Waals surface area contributed by atoms with Crippen LogP contribution < -0.4 is 10.6 Å². The number of hydrogen-bond acceptors (Lipinski definition) is 3. The zero-order chi connectivity index (χ0) is 15.0. The molecule has 2 heterocycles. The van der Waals surface area contributed by atoms with E-state index in [2.05, 4.69) is 35.0 Å². The quantitative estimate of drug-likeness (QED) is 0.932. The highest BCUT2D eigenvalue weighted by Gasteiger charge is 2.34. The SMILES string of the molecule is CC(N)Cc1ccc(N2CCC3CCC(C2)N3C)c(Cl)c1. The maximum atomic E-state index is 6.54. The zero-order valence-electron chi connectivity index (χ0n) is 13.1. The number of hydrogen-bond donors (Lipinski definition) is 1. The normalized spacial score (nSPS) is 27.7. The zero-order valence-corrected chi connectivity index (χ0v) is 13.8. The molecule has 2 bridgehead atoms. The molecule has 116 valence electrons. The van der Waals surface area contributed by atoms with Gasteiger partial charge in [0, 0.05) is 31.2 Å². The Kier molecular flexibility index (Phi) is 4.43. The van der Waals surface area contributed by atoms with Crippen molar-refractivity contribution < 1.29 is 0 Å². The Morgan fingerprint density at radius 1 is 1.29 bits per heavy atom. The number of likely N-dealkylation sites (N-methyl/N-ethyl adjacent to an activating group) is 1. The van der Waals surface area contributed by atoms with Gasteiger partial charge in [0.25, 0.3) is 0 Å². The van der Waals surface area contributed by atoms with Crippen molar-refractivity contribution in [2.24, 2.45) is 5.73 Å². The monoisotopic (exact) mass is 307 g/mol. The van der Waals surface area contributed by atoms with Gasteiger partial charge in [-0.15, -0.1) is 0 Å². The number of rotatable bonds is 3. The van der Waals surface area contributed by atoms with Gasteiger partial charge in [0.1, 0.15) is 0 Å². The highest BCUT2D eigenvalue weighted by Crippen LogP contribution is 2.34. The Labute approximate surface area is 133 Å². The second kappa shape index (κ2) is 6.15. The molecule has 0 aliphatic carbocycles. The van der Waals surface area contributed by atoms with Crippen molar-refractivity contribution in [1.82, 2.24) is 4.90 Å². The molecule has 0 saturated carbocycles. The molecule has 2 aliphatic rings. The molecular formula is C17H26ClN3. The third-order valence-electron chi connectivity index (χ3n) is 5.06. The molecule has 2 N–H and O–H groups in total. The molecule has 0 radical (unpaired) electrons. The fourth-order valence-electron chi connectivity index (χ4n) is 3.83. The van der Waals surface area contributed by atoms with E-state index in [1.54, 1.807) is 0 Å². The number of nitrogens with two attached hydrogens (primary N) is 1. The van der Waals surface area contributed by atoms with Crippen LogP contribution in [-0.2, 0) is 6.42 Å². The number of nitrogens with zero attached hydrogens (tertiary/aromatic N) is 2. The first kappa shape index (κ1) is 15.1. The summed E-state index contributed by atoms with van der Waals surface area (Å²) in [5.74, 6) is 0. The summed E-state index contributed by atoms with van der Waals surface area (Å²) in [6.45, 7) is 4.24. The summed E-state index contributed by atoms with van der Waals surface area (Å²) < 4.78 is 0. The minimum absolute atomic E-state index is 0.175. The lowest BCUT2D eigenvalue weighted by Gasteiger charge is -2.28. The first-order valence-corrected chi connectivity index (χ1v) is 8.43. The molecule has 3 rings (SSSR count). The van der Waals surface area contributed by atoms with Crippen LogP contribution in [0.25, 0.3) is 0 Å². The molecule has 3 unspecified atom stereocenters. The van der Waals surface area contributed by atoms with Gasteiger partial charge in [0.05, 0.1) is 10.7 Å². The van der Waals surface area contributed by atoms with Crippen molar-refractivity contribution in [2.45, 2.75) is 50.7 Å². The number of halogens is 1. The lowest BCUT2D eigenvalue weighted by atomic mass is 10.1. The number of benzene rings is 1. The summed E-state index contributed by atoms with van der Waals surface area (Å²) in [5.41, 5.74) is 8.29. The van der Waals surface area contributed by atoms with Crippen LogP contribution in [0.15, 0.2) is 18.2 Å².